The molecule has 0 bridgehead atoms. The molecule has 0 amide bonds. The van der Waals surface area contributed by atoms with Crippen LogP contribution in [0.3, 0.4) is 0 Å². The van der Waals surface area contributed by atoms with Crippen molar-refractivity contribution in [3.8, 4) is 11.5 Å². The molecule has 5 N–H and O–H groups in total. The molecule has 1 unspecified atom stereocenters. The number of aromatic nitrogens is 1. The predicted octanol–water partition coefficient (Wildman–Crippen LogP) is 3.62. The fourth-order valence-electron chi connectivity index (χ4n) is 3.19. The van der Waals surface area contributed by atoms with E-state index in [2.05, 4.69) is 14.5 Å². The molecule has 1 atom stereocenters. The van der Waals surface area contributed by atoms with E-state index in [4.69, 9.17) is 16.5 Å². The van der Waals surface area contributed by atoms with E-state index in [-0.39, 0.29) is 6.54 Å². The average molecular weight is 482 g/mol. The van der Waals surface area contributed by atoms with Gasteiger partial charge in [0, 0.05) is 41.9 Å². The van der Waals surface area contributed by atoms with Gasteiger partial charge < -0.3 is 19.5 Å². The van der Waals surface area contributed by atoms with Crippen LogP contribution in [0.25, 0.3) is 0 Å². The fraction of sp³-hybridized carbons (Fsp3) is 0.227. The zero-order valence-corrected chi connectivity index (χ0v) is 17.7. The monoisotopic (exact) mass is 482 g/mol. The molecule has 0 saturated heterocycles. The molecule has 0 fully saturated rings. The molecule has 12 heteroatoms. The van der Waals surface area contributed by atoms with Crippen LogP contribution in [0.2, 0.25) is 0 Å². The summed E-state index contributed by atoms with van der Waals surface area (Å²) >= 11 is 0. The van der Waals surface area contributed by atoms with E-state index in [9.17, 15) is 22.7 Å². The molecule has 0 aliphatic carbocycles. The molecular weight excluding hydrogens is 460 g/mol. The number of alkyl halides is 4. The third-order valence-corrected chi connectivity index (χ3v) is 4.83. The van der Waals surface area contributed by atoms with Gasteiger partial charge >= 0.3 is 13.2 Å². The highest BCUT2D eigenvalue weighted by atomic mass is 19.3. The lowest BCUT2D eigenvalue weighted by Crippen LogP contribution is -2.45. The van der Waals surface area contributed by atoms with Crippen LogP contribution in [0.5, 0.6) is 11.5 Å². The fourth-order valence-corrected chi connectivity index (χ4v) is 3.19. The Kier molecular flexibility index (Phi) is 8.23. The number of benzene rings is 2. The molecule has 0 saturated carbocycles. The van der Waals surface area contributed by atoms with Gasteiger partial charge in [0.2, 0.25) is 0 Å². The highest BCUT2D eigenvalue weighted by Gasteiger charge is 2.28. The number of aliphatic hydroxyl groups is 1. The van der Waals surface area contributed by atoms with Gasteiger partial charge in [0.25, 0.3) is 0 Å². The smallest absolute Gasteiger partial charge is 0.387 e. The SMILES string of the molecule is NOC(N)(CO)c1cccc(N(Cc2cccnc2)c2ccc(OC(F)F)c(OC(F)F)c2)c1. The van der Waals surface area contributed by atoms with Gasteiger partial charge in [0.15, 0.2) is 17.2 Å². The molecule has 8 nitrogen and oxygen atoms in total. The summed E-state index contributed by atoms with van der Waals surface area (Å²) in [5.41, 5.74) is 6.17. The zero-order chi connectivity index (χ0) is 24.7. The molecule has 0 radical (unpaired) electrons. The van der Waals surface area contributed by atoms with E-state index in [1.165, 1.54) is 6.07 Å². The highest BCUT2D eigenvalue weighted by Crippen LogP contribution is 2.38. The van der Waals surface area contributed by atoms with Crippen LogP contribution in [-0.2, 0) is 17.1 Å². The van der Waals surface area contributed by atoms with E-state index >= 15 is 0 Å². The maximum absolute atomic E-state index is 13.0. The zero-order valence-electron chi connectivity index (χ0n) is 17.7. The first kappa shape index (κ1) is 25.2. The number of nitrogens with zero attached hydrogens (tertiary/aromatic N) is 2. The molecular formula is C22H22F4N4O4. The van der Waals surface area contributed by atoms with E-state index in [0.29, 0.717) is 16.9 Å². The lowest BCUT2D eigenvalue weighted by molar-refractivity contribution is -0.0839. The largest absolute Gasteiger partial charge is 0.431 e. The molecule has 0 aliphatic heterocycles. The second kappa shape index (κ2) is 11.1. The molecule has 1 heterocycles. The molecule has 0 spiro atoms. The van der Waals surface area contributed by atoms with Crippen LogP contribution in [0, 0.1) is 0 Å². The first-order valence-electron chi connectivity index (χ1n) is 9.84. The van der Waals surface area contributed by atoms with Gasteiger partial charge in [-0.1, -0.05) is 18.2 Å². The number of pyridine rings is 1. The second-order valence-electron chi connectivity index (χ2n) is 7.05. The van der Waals surface area contributed by atoms with Crippen molar-refractivity contribution >= 4 is 11.4 Å². The molecule has 3 rings (SSSR count). The van der Waals surface area contributed by atoms with Gasteiger partial charge in [-0.15, -0.1) is 0 Å². The van der Waals surface area contributed by atoms with Crippen molar-refractivity contribution in [3.05, 3.63) is 78.1 Å². The minimum absolute atomic E-state index is 0.195. The Labute approximate surface area is 192 Å². The predicted molar refractivity (Wildman–Crippen MR) is 114 cm³/mol. The number of rotatable bonds is 11. The lowest BCUT2D eigenvalue weighted by atomic mass is 10.0. The summed E-state index contributed by atoms with van der Waals surface area (Å²) < 4.78 is 60.1. The third kappa shape index (κ3) is 6.11. The van der Waals surface area contributed by atoms with Crippen molar-refractivity contribution in [1.29, 1.82) is 0 Å². The van der Waals surface area contributed by atoms with Crippen LogP contribution in [0.1, 0.15) is 11.1 Å². The summed E-state index contributed by atoms with van der Waals surface area (Å²) in [5, 5.41) is 9.63. The van der Waals surface area contributed by atoms with Crippen LogP contribution < -0.4 is 26.0 Å². The van der Waals surface area contributed by atoms with Crippen molar-refractivity contribution < 1.29 is 37.0 Å². The third-order valence-electron chi connectivity index (χ3n) is 4.83. The Morgan fingerprint density at radius 2 is 1.65 bits per heavy atom. The molecule has 0 aliphatic rings. The molecule has 2 aromatic carbocycles. The summed E-state index contributed by atoms with van der Waals surface area (Å²) in [6, 6.07) is 13.6. The summed E-state index contributed by atoms with van der Waals surface area (Å²) in [5.74, 6) is 4.14. The maximum atomic E-state index is 13.0. The van der Waals surface area contributed by atoms with Crippen molar-refractivity contribution in [1.82, 2.24) is 4.98 Å². The highest BCUT2D eigenvalue weighted by molar-refractivity contribution is 5.67. The first-order valence-corrected chi connectivity index (χ1v) is 9.84. The molecule has 34 heavy (non-hydrogen) atoms. The normalized spacial score (nSPS) is 13.1. The van der Waals surface area contributed by atoms with Gasteiger partial charge in [0.05, 0.1) is 6.61 Å². The maximum Gasteiger partial charge on any atom is 0.387 e. The Bertz CT molecular complexity index is 1070. The number of aliphatic hydroxyl groups excluding tert-OH is 1. The van der Waals surface area contributed by atoms with E-state index in [0.717, 1.165) is 17.7 Å². The van der Waals surface area contributed by atoms with Gasteiger partial charge in [-0.3, -0.25) is 15.6 Å². The van der Waals surface area contributed by atoms with Gasteiger partial charge in [0.1, 0.15) is 0 Å². The Hall–Kier alpha value is -3.45. The first-order chi connectivity index (χ1) is 16.3. The number of anilines is 2. The molecule has 1 aromatic heterocycles. The summed E-state index contributed by atoms with van der Waals surface area (Å²) in [6.07, 6.45) is 3.19. The van der Waals surface area contributed by atoms with Gasteiger partial charge in [-0.05, 0) is 35.9 Å². The second-order valence-corrected chi connectivity index (χ2v) is 7.05. The Morgan fingerprint density at radius 1 is 0.941 bits per heavy atom. The molecule has 182 valence electrons. The number of halogens is 4. The summed E-state index contributed by atoms with van der Waals surface area (Å²) in [6.45, 7) is -6.93. The van der Waals surface area contributed by atoms with Crippen LogP contribution in [0.4, 0.5) is 28.9 Å². The van der Waals surface area contributed by atoms with Crippen molar-refractivity contribution in [2.45, 2.75) is 25.5 Å². The van der Waals surface area contributed by atoms with E-state index in [1.54, 1.807) is 53.7 Å². The standard InChI is InChI=1S/C22H22F4N4O4/c23-20(24)32-18-7-6-17(10-19(18)33-21(25)26)30(12-14-3-2-8-29-11-14)16-5-1-4-15(9-16)22(27,13-31)34-28/h1-11,20-21,31H,12-13,27-28H2. The van der Waals surface area contributed by atoms with Crippen LogP contribution in [-0.4, -0.2) is 29.9 Å². The number of hydrogen-bond acceptors (Lipinski definition) is 8. The Balaban J connectivity index is 2.10. The number of hydrogen-bond donors (Lipinski definition) is 3. The van der Waals surface area contributed by atoms with Crippen LogP contribution >= 0.6 is 0 Å². The minimum atomic E-state index is -3.27. The number of nitrogens with two attached hydrogens (primary N) is 2. The average Bonchev–Trinajstić information content (AvgIpc) is 2.83. The van der Waals surface area contributed by atoms with Crippen molar-refractivity contribution in [3.63, 3.8) is 0 Å². The van der Waals surface area contributed by atoms with E-state index in [1.807, 2.05) is 0 Å². The van der Waals surface area contributed by atoms with Gasteiger partial charge in [-0.2, -0.15) is 17.6 Å². The Morgan fingerprint density at radius 3 is 2.26 bits per heavy atom. The van der Waals surface area contributed by atoms with Crippen molar-refractivity contribution in [2.24, 2.45) is 11.6 Å². The summed E-state index contributed by atoms with van der Waals surface area (Å²) in [7, 11) is 0. The van der Waals surface area contributed by atoms with Crippen LogP contribution in [0.15, 0.2) is 67.0 Å². The minimum Gasteiger partial charge on any atom is -0.431 e. The molecule has 3 aromatic rings. The lowest BCUT2D eigenvalue weighted by Gasteiger charge is -2.29. The van der Waals surface area contributed by atoms with E-state index < -0.39 is 37.1 Å². The van der Waals surface area contributed by atoms with Crippen molar-refractivity contribution in [2.75, 3.05) is 11.5 Å². The quantitative estimate of drug-likeness (QED) is 0.216. The number of ether oxygens (including phenoxy) is 2. The topological polar surface area (TPSA) is 116 Å². The van der Waals surface area contributed by atoms with Gasteiger partial charge in [-0.25, -0.2) is 5.90 Å². The summed E-state index contributed by atoms with van der Waals surface area (Å²) in [4.78, 5) is 10.5.